The summed E-state index contributed by atoms with van der Waals surface area (Å²) in [5, 5.41) is 12.3. The number of aryl methyl sites for hydroxylation is 3. The van der Waals surface area contributed by atoms with Crippen LogP contribution in [0.4, 0.5) is 5.69 Å². The second-order valence-electron chi connectivity index (χ2n) is 7.37. The van der Waals surface area contributed by atoms with Gasteiger partial charge in [-0.05, 0) is 61.7 Å². The Morgan fingerprint density at radius 3 is 2.84 bits per heavy atom. The van der Waals surface area contributed by atoms with Crippen LogP contribution < -0.4 is 10.1 Å². The highest BCUT2D eigenvalue weighted by Gasteiger charge is 2.14. The van der Waals surface area contributed by atoms with Crippen LogP contribution in [0.25, 0.3) is 0 Å². The van der Waals surface area contributed by atoms with Crippen LogP contribution in [0.15, 0.2) is 64.7 Å². The number of aromatic nitrogens is 3. The maximum Gasteiger partial charge on any atom is 0.234 e. The third-order valence-electron chi connectivity index (χ3n) is 4.68. The van der Waals surface area contributed by atoms with Gasteiger partial charge in [0, 0.05) is 23.1 Å². The van der Waals surface area contributed by atoms with E-state index in [4.69, 9.17) is 4.74 Å². The summed E-state index contributed by atoms with van der Waals surface area (Å²) in [7, 11) is 0. The second kappa shape index (κ2) is 11.9. The summed E-state index contributed by atoms with van der Waals surface area (Å²) in [6.45, 7) is 9.04. The third-order valence-corrected chi connectivity index (χ3v) is 6.14. The van der Waals surface area contributed by atoms with Gasteiger partial charge in [0.25, 0.3) is 0 Å². The lowest BCUT2D eigenvalue weighted by Crippen LogP contribution is -2.15. The number of nitrogens with zero attached hydrogens (tertiary/aromatic N) is 3. The van der Waals surface area contributed by atoms with Crippen molar-refractivity contribution in [2.75, 3.05) is 17.7 Å². The number of halogens is 1. The van der Waals surface area contributed by atoms with Crippen LogP contribution in [0.1, 0.15) is 23.4 Å². The summed E-state index contributed by atoms with van der Waals surface area (Å²) in [5.74, 6) is 1.93. The highest BCUT2D eigenvalue weighted by molar-refractivity contribution is 9.10. The van der Waals surface area contributed by atoms with Gasteiger partial charge in [-0.25, -0.2) is 0 Å². The van der Waals surface area contributed by atoms with E-state index in [2.05, 4.69) is 38.0 Å². The van der Waals surface area contributed by atoms with Crippen LogP contribution in [0.3, 0.4) is 0 Å². The largest absolute Gasteiger partial charge is 0.493 e. The molecule has 32 heavy (non-hydrogen) atoms. The second-order valence-corrected chi connectivity index (χ2v) is 9.22. The molecule has 0 aliphatic carbocycles. The lowest BCUT2D eigenvalue weighted by molar-refractivity contribution is -0.113. The van der Waals surface area contributed by atoms with Gasteiger partial charge in [-0.3, -0.25) is 4.79 Å². The lowest BCUT2D eigenvalue weighted by atomic mass is 10.2. The number of nitrogens with one attached hydrogen (secondary N) is 1. The van der Waals surface area contributed by atoms with Gasteiger partial charge in [-0.2, -0.15) is 0 Å². The van der Waals surface area contributed by atoms with Gasteiger partial charge in [0.15, 0.2) is 5.16 Å². The molecule has 0 spiro atoms. The lowest BCUT2D eigenvalue weighted by Gasteiger charge is -2.10. The van der Waals surface area contributed by atoms with E-state index >= 15 is 0 Å². The standard InChI is InChI=1S/C24H27BrN4O2S/c1-4-12-29-22(9-6-13-31-21-11-10-19(25)15-18(21)3)27-28-24(29)32-16-23(30)26-20-8-5-7-17(2)14-20/h4-5,7-8,10-11,14-15H,1,6,9,12-13,16H2,2-3H3,(H,26,30). The fraction of sp³-hybridized carbons (Fsp3) is 0.292. The summed E-state index contributed by atoms with van der Waals surface area (Å²) >= 11 is 4.84. The van der Waals surface area contributed by atoms with Crippen LogP contribution in [0.5, 0.6) is 5.75 Å². The van der Waals surface area contributed by atoms with Crippen molar-refractivity contribution < 1.29 is 9.53 Å². The number of thioether (sulfide) groups is 1. The molecule has 0 bridgehead atoms. The molecule has 1 heterocycles. The Hall–Kier alpha value is -2.58. The van der Waals surface area contributed by atoms with Gasteiger partial charge in [-0.1, -0.05) is 45.9 Å². The van der Waals surface area contributed by atoms with E-state index in [1.54, 1.807) is 0 Å². The highest BCUT2D eigenvalue weighted by Crippen LogP contribution is 2.23. The molecular formula is C24H27BrN4O2S. The number of carbonyl (C=O) groups excluding carboxylic acids is 1. The average molecular weight is 515 g/mol. The van der Waals surface area contributed by atoms with Gasteiger partial charge in [0.1, 0.15) is 11.6 Å². The highest BCUT2D eigenvalue weighted by atomic mass is 79.9. The van der Waals surface area contributed by atoms with Crippen molar-refractivity contribution in [3.8, 4) is 5.75 Å². The van der Waals surface area contributed by atoms with Gasteiger partial charge in [0.05, 0.1) is 12.4 Å². The molecule has 0 radical (unpaired) electrons. The van der Waals surface area contributed by atoms with Crippen LogP contribution in [-0.4, -0.2) is 33.0 Å². The van der Waals surface area contributed by atoms with Crippen molar-refractivity contribution in [1.29, 1.82) is 0 Å². The Balaban J connectivity index is 1.52. The van der Waals surface area contributed by atoms with E-state index in [1.807, 2.05) is 67.0 Å². The molecule has 0 aliphatic heterocycles. The average Bonchev–Trinajstić information content (AvgIpc) is 3.13. The number of allylic oxidation sites excluding steroid dienone is 1. The first-order valence-electron chi connectivity index (χ1n) is 10.4. The first-order chi connectivity index (χ1) is 15.5. The molecule has 0 fully saturated rings. The van der Waals surface area contributed by atoms with Crippen LogP contribution in [0, 0.1) is 13.8 Å². The van der Waals surface area contributed by atoms with E-state index in [1.165, 1.54) is 11.8 Å². The predicted octanol–water partition coefficient (Wildman–Crippen LogP) is 5.59. The molecule has 0 unspecified atom stereocenters. The van der Waals surface area contributed by atoms with Crippen molar-refractivity contribution in [3.63, 3.8) is 0 Å². The number of ether oxygens (including phenoxy) is 1. The quantitative estimate of drug-likeness (QED) is 0.205. The van der Waals surface area contributed by atoms with Crippen LogP contribution in [-0.2, 0) is 17.8 Å². The van der Waals surface area contributed by atoms with Crippen molar-refractivity contribution in [1.82, 2.24) is 14.8 Å². The smallest absolute Gasteiger partial charge is 0.234 e. The number of anilines is 1. The van der Waals surface area contributed by atoms with Crippen molar-refractivity contribution in [3.05, 3.63) is 76.5 Å². The van der Waals surface area contributed by atoms with Crippen LogP contribution >= 0.6 is 27.7 Å². The van der Waals surface area contributed by atoms with Crippen LogP contribution in [0.2, 0.25) is 0 Å². The van der Waals surface area contributed by atoms with E-state index in [9.17, 15) is 4.79 Å². The molecule has 3 rings (SSSR count). The molecule has 0 saturated heterocycles. The zero-order valence-electron chi connectivity index (χ0n) is 18.3. The monoisotopic (exact) mass is 514 g/mol. The van der Waals surface area contributed by atoms with Crippen molar-refractivity contribution in [2.24, 2.45) is 0 Å². The fourth-order valence-corrected chi connectivity index (χ4v) is 4.40. The molecule has 3 aromatic rings. The maximum absolute atomic E-state index is 12.3. The summed E-state index contributed by atoms with van der Waals surface area (Å²) in [5.41, 5.74) is 2.99. The van der Waals surface area contributed by atoms with Gasteiger partial charge in [-0.15, -0.1) is 16.8 Å². The molecule has 0 aliphatic rings. The summed E-state index contributed by atoms with van der Waals surface area (Å²) in [4.78, 5) is 12.3. The van der Waals surface area contributed by atoms with E-state index in [-0.39, 0.29) is 11.7 Å². The molecule has 2 aromatic carbocycles. The molecule has 1 amide bonds. The van der Waals surface area contributed by atoms with Gasteiger partial charge in [0.2, 0.25) is 5.91 Å². The molecule has 168 valence electrons. The maximum atomic E-state index is 12.3. The van der Waals surface area contributed by atoms with Crippen molar-refractivity contribution in [2.45, 2.75) is 38.4 Å². The zero-order chi connectivity index (χ0) is 22.9. The number of hydrogen-bond donors (Lipinski definition) is 1. The van der Waals surface area contributed by atoms with Crippen molar-refractivity contribution >= 4 is 39.3 Å². The minimum atomic E-state index is -0.0754. The molecule has 0 atom stereocenters. The topological polar surface area (TPSA) is 69.0 Å². The number of rotatable bonds is 11. The predicted molar refractivity (Wildman–Crippen MR) is 133 cm³/mol. The minimum absolute atomic E-state index is 0.0754. The summed E-state index contributed by atoms with van der Waals surface area (Å²) in [6.07, 6.45) is 3.35. The first-order valence-corrected chi connectivity index (χ1v) is 12.2. The number of carbonyl (C=O) groups is 1. The first kappa shape index (κ1) is 24.1. The van der Waals surface area contributed by atoms with Gasteiger partial charge >= 0.3 is 0 Å². The SMILES string of the molecule is C=CCn1c(CCCOc2ccc(Br)cc2C)nnc1SCC(=O)Nc1cccc(C)c1. The van der Waals surface area contributed by atoms with E-state index < -0.39 is 0 Å². The Bertz CT molecular complexity index is 1080. The third kappa shape index (κ3) is 6.97. The van der Waals surface area contributed by atoms with Gasteiger partial charge < -0.3 is 14.6 Å². The molecular weight excluding hydrogens is 488 g/mol. The Morgan fingerprint density at radius 1 is 1.25 bits per heavy atom. The Labute approximate surface area is 201 Å². The van der Waals surface area contributed by atoms with E-state index in [0.717, 1.165) is 45.7 Å². The zero-order valence-corrected chi connectivity index (χ0v) is 20.7. The number of benzene rings is 2. The summed E-state index contributed by atoms with van der Waals surface area (Å²) < 4.78 is 8.95. The Kier molecular flexibility index (Phi) is 8.93. The summed E-state index contributed by atoms with van der Waals surface area (Å²) in [6, 6.07) is 13.7. The number of hydrogen-bond acceptors (Lipinski definition) is 5. The minimum Gasteiger partial charge on any atom is -0.493 e. The molecule has 6 nitrogen and oxygen atoms in total. The Morgan fingerprint density at radius 2 is 2.09 bits per heavy atom. The molecule has 8 heteroatoms. The number of amides is 1. The fourth-order valence-electron chi connectivity index (χ4n) is 3.16. The molecule has 0 saturated carbocycles. The normalized spacial score (nSPS) is 10.7. The van der Waals surface area contributed by atoms with E-state index in [0.29, 0.717) is 18.3 Å². The molecule has 1 aromatic heterocycles. The molecule has 1 N–H and O–H groups in total.